The number of benzene rings is 2. The van der Waals surface area contributed by atoms with Crippen LogP contribution in [0.2, 0.25) is 5.02 Å². The van der Waals surface area contributed by atoms with Crippen molar-refractivity contribution in [2.45, 2.75) is 11.8 Å². The highest BCUT2D eigenvalue weighted by molar-refractivity contribution is 7.92. The summed E-state index contributed by atoms with van der Waals surface area (Å²) in [5.41, 5.74) is 6.51. The molecule has 0 radical (unpaired) electrons. The van der Waals surface area contributed by atoms with Crippen LogP contribution in [0.5, 0.6) is 0 Å². The predicted molar refractivity (Wildman–Crippen MR) is 77.8 cm³/mol. The summed E-state index contributed by atoms with van der Waals surface area (Å²) >= 11 is 5.81. The zero-order chi connectivity index (χ0) is 14.9. The van der Waals surface area contributed by atoms with Gasteiger partial charge in [-0.3, -0.25) is 4.72 Å². The van der Waals surface area contributed by atoms with Crippen molar-refractivity contribution in [2.75, 3.05) is 10.5 Å². The fraction of sp³-hybridized carbons (Fsp3) is 0.0769. The van der Waals surface area contributed by atoms with Crippen molar-refractivity contribution in [1.82, 2.24) is 0 Å². The van der Waals surface area contributed by atoms with Crippen LogP contribution in [0.25, 0.3) is 0 Å². The number of hydrogen-bond donors (Lipinski definition) is 2. The van der Waals surface area contributed by atoms with Crippen molar-refractivity contribution < 1.29 is 12.8 Å². The summed E-state index contributed by atoms with van der Waals surface area (Å²) in [6.45, 7) is 1.55. The Morgan fingerprint density at radius 1 is 1.20 bits per heavy atom. The van der Waals surface area contributed by atoms with Crippen molar-refractivity contribution in [3.05, 3.63) is 52.8 Å². The van der Waals surface area contributed by atoms with Crippen LogP contribution in [0.4, 0.5) is 15.8 Å². The van der Waals surface area contributed by atoms with Gasteiger partial charge in [-0.15, -0.1) is 0 Å². The highest BCUT2D eigenvalue weighted by Crippen LogP contribution is 2.25. The lowest BCUT2D eigenvalue weighted by Gasteiger charge is -2.09. The maximum atomic E-state index is 13.4. The summed E-state index contributed by atoms with van der Waals surface area (Å²) in [5.74, 6) is -0.580. The number of hydrogen-bond acceptors (Lipinski definition) is 3. The molecule has 0 aliphatic rings. The molecule has 0 aliphatic carbocycles. The molecule has 0 spiro atoms. The zero-order valence-electron chi connectivity index (χ0n) is 10.5. The lowest BCUT2D eigenvalue weighted by Crippen LogP contribution is -2.13. The molecule has 2 aromatic rings. The van der Waals surface area contributed by atoms with Crippen LogP contribution in [0.3, 0.4) is 0 Å². The number of nitrogen functional groups attached to an aromatic ring is 1. The Balaban J connectivity index is 2.35. The maximum Gasteiger partial charge on any atom is 0.261 e. The Morgan fingerprint density at radius 2 is 1.90 bits per heavy atom. The number of rotatable bonds is 3. The van der Waals surface area contributed by atoms with Crippen molar-refractivity contribution in [3.8, 4) is 0 Å². The van der Waals surface area contributed by atoms with E-state index < -0.39 is 15.8 Å². The van der Waals surface area contributed by atoms with Crippen LogP contribution in [-0.4, -0.2) is 8.42 Å². The van der Waals surface area contributed by atoms with E-state index in [1.807, 2.05) is 0 Å². The molecule has 2 rings (SSSR count). The molecule has 0 fully saturated rings. The second-order valence-corrected chi connectivity index (χ2v) is 6.34. The topological polar surface area (TPSA) is 72.2 Å². The third kappa shape index (κ3) is 3.02. The molecule has 0 aliphatic heterocycles. The Morgan fingerprint density at radius 3 is 2.50 bits per heavy atom. The summed E-state index contributed by atoms with van der Waals surface area (Å²) in [6, 6.07) is 8.05. The molecule has 7 heteroatoms. The van der Waals surface area contributed by atoms with E-state index >= 15 is 0 Å². The Hall–Kier alpha value is -1.79. The Bertz CT molecular complexity index is 763. The SMILES string of the molecule is Cc1ccc(S(=O)(=O)Nc2ccc(N)c(Cl)c2)cc1F. The standard InChI is InChI=1S/C13H12ClFN2O2S/c1-8-2-4-10(7-12(8)15)20(18,19)17-9-3-5-13(16)11(14)6-9/h2-7,17H,16H2,1H3. The van der Waals surface area contributed by atoms with E-state index in [-0.39, 0.29) is 15.6 Å². The van der Waals surface area contributed by atoms with Crippen molar-refractivity contribution in [1.29, 1.82) is 0 Å². The predicted octanol–water partition coefficient (Wildman–Crippen LogP) is 3.17. The molecule has 0 aromatic heterocycles. The summed E-state index contributed by atoms with van der Waals surface area (Å²) in [5, 5.41) is 0.236. The van der Waals surface area contributed by atoms with Crippen molar-refractivity contribution in [2.24, 2.45) is 0 Å². The minimum Gasteiger partial charge on any atom is -0.398 e. The van der Waals surface area contributed by atoms with Gasteiger partial charge in [-0.25, -0.2) is 12.8 Å². The highest BCUT2D eigenvalue weighted by Gasteiger charge is 2.16. The molecule has 0 bridgehead atoms. The maximum absolute atomic E-state index is 13.4. The van der Waals surface area contributed by atoms with Gasteiger partial charge in [-0.2, -0.15) is 0 Å². The van der Waals surface area contributed by atoms with E-state index in [2.05, 4.69) is 4.72 Å². The normalized spacial score (nSPS) is 11.3. The van der Waals surface area contributed by atoms with Crippen molar-refractivity contribution >= 4 is 33.0 Å². The molecule has 2 aromatic carbocycles. The van der Waals surface area contributed by atoms with Gasteiger partial charge >= 0.3 is 0 Å². The quantitative estimate of drug-likeness (QED) is 0.855. The third-order valence-corrected chi connectivity index (χ3v) is 4.41. The van der Waals surface area contributed by atoms with Crippen LogP contribution < -0.4 is 10.5 Å². The molecule has 0 atom stereocenters. The van der Waals surface area contributed by atoms with Gasteiger partial charge < -0.3 is 5.73 Å². The number of nitrogens with one attached hydrogen (secondary N) is 1. The molecule has 20 heavy (non-hydrogen) atoms. The van der Waals surface area contributed by atoms with E-state index in [4.69, 9.17) is 17.3 Å². The van der Waals surface area contributed by atoms with Gasteiger partial charge in [0.1, 0.15) is 5.82 Å². The lowest BCUT2D eigenvalue weighted by atomic mass is 10.2. The average molecular weight is 315 g/mol. The molecule has 0 saturated carbocycles. The molecular weight excluding hydrogens is 303 g/mol. The molecule has 0 amide bonds. The van der Waals surface area contributed by atoms with Gasteiger partial charge in [0.15, 0.2) is 0 Å². The van der Waals surface area contributed by atoms with Gasteiger partial charge in [0.25, 0.3) is 10.0 Å². The second-order valence-electron chi connectivity index (χ2n) is 4.25. The van der Waals surface area contributed by atoms with Crippen LogP contribution in [0.15, 0.2) is 41.3 Å². The number of sulfonamides is 1. The van der Waals surface area contributed by atoms with E-state index in [0.29, 0.717) is 11.3 Å². The molecule has 0 unspecified atom stereocenters. The summed E-state index contributed by atoms with van der Waals surface area (Å²) in [4.78, 5) is -0.159. The van der Waals surface area contributed by atoms with E-state index in [0.717, 1.165) is 6.07 Å². The highest BCUT2D eigenvalue weighted by atomic mass is 35.5. The largest absolute Gasteiger partial charge is 0.398 e. The summed E-state index contributed by atoms with van der Waals surface area (Å²) < 4.78 is 40.0. The van der Waals surface area contributed by atoms with Crippen LogP contribution in [0, 0.1) is 12.7 Å². The number of aryl methyl sites for hydroxylation is 1. The van der Waals surface area contributed by atoms with Gasteiger partial charge in [0, 0.05) is 0 Å². The Kier molecular flexibility index (Phi) is 3.87. The molecule has 0 heterocycles. The van der Waals surface area contributed by atoms with Gasteiger partial charge in [0.2, 0.25) is 0 Å². The average Bonchev–Trinajstić information content (AvgIpc) is 2.37. The van der Waals surface area contributed by atoms with Crippen LogP contribution in [-0.2, 0) is 10.0 Å². The van der Waals surface area contributed by atoms with E-state index in [1.54, 1.807) is 6.92 Å². The lowest BCUT2D eigenvalue weighted by molar-refractivity contribution is 0.593. The monoisotopic (exact) mass is 314 g/mol. The second kappa shape index (κ2) is 5.30. The molecule has 3 N–H and O–H groups in total. The first-order chi connectivity index (χ1) is 9.29. The molecule has 106 valence electrons. The van der Waals surface area contributed by atoms with Crippen LogP contribution in [0.1, 0.15) is 5.56 Å². The minimum absolute atomic E-state index is 0.159. The van der Waals surface area contributed by atoms with E-state index in [1.165, 1.54) is 30.3 Å². The number of nitrogens with two attached hydrogens (primary N) is 1. The van der Waals surface area contributed by atoms with E-state index in [9.17, 15) is 12.8 Å². The van der Waals surface area contributed by atoms with Gasteiger partial charge in [-0.05, 0) is 42.8 Å². The molecule has 0 saturated heterocycles. The Labute approximate surface area is 121 Å². The first kappa shape index (κ1) is 14.6. The molecular formula is C13H12ClFN2O2S. The summed E-state index contributed by atoms with van der Waals surface area (Å²) in [6.07, 6.45) is 0. The van der Waals surface area contributed by atoms with Gasteiger partial charge in [-0.1, -0.05) is 17.7 Å². The van der Waals surface area contributed by atoms with Crippen molar-refractivity contribution in [3.63, 3.8) is 0 Å². The van der Waals surface area contributed by atoms with Crippen LogP contribution >= 0.6 is 11.6 Å². The number of halogens is 2. The van der Waals surface area contributed by atoms with Gasteiger partial charge in [0.05, 0.1) is 21.3 Å². The first-order valence-corrected chi connectivity index (χ1v) is 7.50. The fourth-order valence-corrected chi connectivity index (χ4v) is 2.79. The fourth-order valence-electron chi connectivity index (χ4n) is 1.55. The minimum atomic E-state index is -3.87. The molecule has 4 nitrogen and oxygen atoms in total. The number of anilines is 2. The zero-order valence-corrected chi connectivity index (χ0v) is 12.1. The smallest absolute Gasteiger partial charge is 0.261 e. The summed E-state index contributed by atoms with van der Waals surface area (Å²) in [7, 11) is -3.87. The first-order valence-electron chi connectivity index (χ1n) is 5.63. The third-order valence-electron chi connectivity index (χ3n) is 2.71.